The van der Waals surface area contributed by atoms with Crippen LogP contribution in [0.15, 0.2) is 41.4 Å². The lowest BCUT2D eigenvalue weighted by Crippen LogP contribution is -1.87. The van der Waals surface area contributed by atoms with E-state index in [0.717, 1.165) is 5.75 Å². The molecule has 1 aromatic carbocycles. The molecule has 76 valence electrons. The Morgan fingerprint density at radius 2 is 1.60 bits per heavy atom. The summed E-state index contributed by atoms with van der Waals surface area (Å²) in [5, 5.41) is 0. The normalized spacial score (nSPS) is 10.0. The van der Waals surface area contributed by atoms with E-state index in [4.69, 9.17) is 4.74 Å². The molecule has 1 heterocycles. The van der Waals surface area contributed by atoms with Crippen LogP contribution in [0.2, 0.25) is 0 Å². The highest BCUT2D eigenvalue weighted by Gasteiger charge is 1.97. The van der Waals surface area contributed by atoms with Gasteiger partial charge in [0.25, 0.3) is 0 Å². The van der Waals surface area contributed by atoms with Gasteiger partial charge in [0.15, 0.2) is 10.5 Å². The highest BCUT2D eigenvalue weighted by Crippen LogP contribution is 2.20. The quantitative estimate of drug-likeness (QED) is 0.781. The minimum atomic E-state index is 0.554. The first kappa shape index (κ1) is 10.1. The van der Waals surface area contributed by atoms with E-state index >= 15 is 0 Å². The topological polar surface area (TPSA) is 35.0 Å². The van der Waals surface area contributed by atoms with Crippen LogP contribution in [-0.2, 0) is 0 Å². The number of halogens is 1. The lowest BCUT2D eigenvalue weighted by atomic mass is 10.2. The number of rotatable bonds is 2. The van der Waals surface area contributed by atoms with Gasteiger partial charge in [-0.3, -0.25) is 0 Å². The molecule has 4 heteroatoms. The fraction of sp³-hybridized carbons (Fsp3) is 0.0909. The van der Waals surface area contributed by atoms with Crippen LogP contribution in [0.4, 0.5) is 0 Å². The monoisotopic (exact) mass is 264 g/mol. The second-order valence-corrected chi connectivity index (χ2v) is 3.81. The molecule has 0 aliphatic carbocycles. The van der Waals surface area contributed by atoms with E-state index in [1.165, 1.54) is 5.56 Å². The zero-order valence-corrected chi connectivity index (χ0v) is 9.73. The van der Waals surface area contributed by atoms with Crippen LogP contribution in [0.5, 0.6) is 11.5 Å². The molecule has 1 aromatic heterocycles. The first-order chi connectivity index (χ1) is 7.24. The van der Waals surface area contributed by atoms with E-state index in [9.17, 15) is 0 Å². The van der Waals surface area contributed by atoms with Gasteiger partial charge in [0, 0.05) is 0 Å². The molecule has 0 unspecified atom stereocenters. The summed E-state index contributed by atoms with van der Waals surface area (Å²) in [7, 11) is 0. The van der Waals surface area contributed by atoms with Gasteiger partial charge in [-0.15, -0.1) is 0 Å². The Morgan fingerprint density at radius 1 is 1.00 bits per heavy atom. The number of hydrogen-bond donors (Lipinski definition) is 0. The highest BCUT2D eigenvalue weighted by molar-refractivity contribution is 9.10. The van der Waals surface area contributed by atoms with Crippen LogP contribution in [-0.4, -0.2) is 9.97 Å². The molecule has 2 rings (SSSR count). The predicted molar refractivity (Wildman–Crippen MR) is 61.0 cm³/mol. The van der Waals surface area contributed by atoms with Crippen molar-refractivity contribution in [2.75, 3.05) is 0 Å². The van der Waals surface area contributed by atoms with Crippen LogP contribution in [0, 0.1) is 6.92 Å². The van der Waals surface area contributed by atoms with Crippen molar-refractivity contribution in [3.05, 3.63) is 47.0 Å². The van der Waals surface area contributed by atoms with Crippen LogP contribution < -0.4 is 4.74 Å². The van der Waals surface area contributed by atoms with E-state index in [-0.39, 0.29) is 0 Å². The molecule has 3 nitrogen and oxygen atoms in total. The van der Waals surface area contributed by atoms with Crippen LogP contribution in [0.1, 0.15) is 5.56 Å². The molecule has 0 atom stereocenters. The third-order valence-corrected chi connectivity index (χ3v) is 2.26. The van der Waals surface area contributed by atoms with Crippen molar-refractivity contribution in [2.45, 2.75) is 6.92 Å². The third kappa shape index (κ3) is 2.76. The summed E-state index contributed by atoms with van der Waals surface area (Å²) in [6, 6.07) is 7.82. The van der Waals surface area contributed by atoms with E-state index in [0.29, 0.717) is 10.5 Å². The number of aryl methyl sites for hydroxylation is 1. The Morgan fingerprint density at radius 3 is 2.20 bits per heavy atom. The first-order valence-electron chi connectivity index (χ1n) is 4.46. The second kappa shape index (κ2) is 4.40. The average Bonchev–Trinajstić information content (AvgIpc) is 2.25. The largest absolute Gasteiger partial charge is 0.454 e. The molecule has 0 saturated carbocycles. The van der Waals surface area contributed by atoms with Gasteiger partial charge in [-0.05, 0) is 35.0 Å². The second-order valence-electron chi connectivity index (χ2n) is 3.10. The van der Waals surface area contributed by atoms with Crippen molar-refractivity contribution in [3.8, 4) is 11.5 Å². The number of benzene rings is 1. The Bertz CT molecular complexity index is 396. The molecule has 0 N–H and O–H groups in total. The summed E-state index contributed by atoms with van der Waals surface area (Å²) >= 11 is 3.16. The fourth-order valence-electron chi connectivity index (χ4n) is 1.10. The smallest absolute Gasteiger partial charge is 0.196 e. The van der Waals surface area contributed by atoms with E-state index in [2.05, 4.69) is 25.9 Å². The van der Waals surface area contributed by atoms with Gasteiger partial charge in [0.2, 0.25) is 0 Å². The van der Waals surface area contributed by atoms with Gasteiger partial charge in [-0.25, -0.2) is 9.97 Å². The standard InChI is InChI=1S/C11H9BrN2O/c1-8-2-4-9(5-3-8)15-10-6-13-11(12)14-7-10/h2-7H,1H3. The van der Waals surface area contributed by atoms with Crippen molar-refractivity contribution in [2.24, 2.45) is 0 Å². The first-order valence-corrected chi connectivity index (χ1v) is 5.25. The summed E-state index contributed by atoms with van der Waals surface area (Å²) in [6.07, 6.45) is 3.24. The minimum Gasteiger partial charge on any atom is -0.454 e. The van der Waals surface area contributed by atoms with Gasteiger partial charge >= 0.3 is 0 Å². The Labute approximate surface area is 96.3 Å². The zero-order chi connectivity index (χ0) is 10.7. The maximum Gasteiger partial charge on any atom is 0.196 e. The number of hydrogen-bond acceptors (Lipinski definition) is 3. The molecule has 0 saturated heterocycles. The van der Waals surface area contributed by atoms with Crippen molar-refractivity contribution in [1.29, 1.82) is 0 Å². The molecule has 0 aliphatic heterocycles. The minimum absolute atomic E-state index is 0.554. The SMILES string of the molecule is Cc1ccc(Oc2cnc(Br)nc2)cc1. The van der Waals surface area contributed by atoms with Crippen molar-refractivity contribution in [3.63, 3.8) is 0 Å². The maximum absolute atomic E-state index is 5.54. The number of nitrogens with zero attached hydrogens (tertiary/aromatic N) is 2. The highest BCUT2D eigenvalue weighted by atomic mass is 79.9. The molecule has 0 aliphatic rings. The Hall–Kier alpha value is -1.42. The summed E-state index contributed by atoms with van der Waals surface area (Å²) in [4.78, 5) is 7.95. The van der Waals surface area contributed by atoms with E-state index < -0.39 is 0 Å². The number of aromatic nitrogens is 2. The molecule has 2 aromatic rings. The summed E-state index contributed by atoms with van der Waals surface area (Å²) in [6.45, 7) is 2.03. The van der Waals surface area contributed by atoms with Gasteiger partial charge < -0.3 is 4.74 Å². The predicted octanol–water partition coefficient (Wildman–Crippen LogP) is 3.34. The van der Waals surface area contributed by atoms with Crippen molar-refractivity contribution >= 4 is 15.9 Å². The molecular formula is C11H9BrN2O. The lowest BCUT2D eigenvalue weighted by molar-refractivity contribution is 0.477. The zero-order valence-electron chi connectivity index (χ0n) is 8.14. The van der Waals surface area contributed by atoms with Crippen molar-refractivity contribution in [1.82, 2.24) is 9.97 Å². The van der Waals surface area contributed by atoms with Gasteiger partial charge in [-0.1, -0.05) is 17.7 Å². The van der Waals surface area contributed by atoms with Gasteiger partial charge in [0.05, 0.1) is 12.4 Å². The van der Waals surface area contributed by atoms with E-state index in [1.807, 2.05) is 31.2 Å². The van der Waals surface area contributed by atoms with Crippen LogP contribution in [0.25, 0.3) is 0 Å². The van der Waals surface area contributed by atoms with Gasteiger partial charge in [0.1, 0.15) is 5.75 Å². The average molecular weight is 265 g/mol. The number of ether oxygens (including phenoxy) is 1. The Kier molecular flexibility index (Phi) is 2.97. The molecule has 0 bridgehead atoms. The molecule has 0 amide bonds. The molecular weight excluding hydrogens is 256 g/mol. The summed E-state index contributed by atoms with van der Waals surface area (Å²) in [5.74, 6) is 1.41. The maximum atomic E-state index is 5.54. The summed E-state index contributed by atoms with van der Waals surface area (Å²) in [5.41, 5.74) is 1.20. The fourth-order valence-corrected chi connectivity index (χ4v) is 1.30. The van der Waals surface area contributed by atoms with Crippen molar-refractivity contribution < 1.29 is 4.74 Å². The lowest BCUT2D eigenvalue weighted by Gasteiger charge is -2.04. The van der Waals surface area contributed by atoms with Crippen LogP contribution >= 0.6 is 15.9 Å². The molecule has 0 radical (unpaired) electrons. The molecule has 0 spiro atoms. The van der Waals surface area contributed by atoms with Gasteiger partial charge in [-0.2, -0.15) is 0 Å². The summed E-state index contributed by atoms with van der Waals surface area (Å²) < 4.78 is 6.10. The third-order valence-electron chi connectivity index (χ3n) is 1.85. The molecule has 15 heavy (non-hydrogen) atoms. The molecule has 0 fully saturated rings. The Balaban J connectivity index is 2.15. The van der Waals surface area contributed by atoms with E-state index in [1.54, 1.807) is 12.4 Å². The van der Waals surface area contributed by atoms with Crippen LogP contribution in [0.3, 0.4) is 0 Å².